The molecule has 1 aromatic heterocycles. The molecule has 1 heterocycles. The number of carbonyl (C=O) groups is 1. The molecule has 0 unspecified atom stereocenters. The summed E-state index contributed by atoms with van der Waals surface area (Å²) in [7, 11) is 0. The Bertz CT molecular complexity index is 991. The van der Waals surface area contributed by atoms with E-state index in [0.717, 1.165) is 11.1 Å². The fraction of sp³-hybridized carbons (Fsp3) is 0.217. The number of rotatable bonds is 7. The summed E-state index contributed by atoms with van der Waals surface area (Å²) in [5.41, 5.74) is 3.31. The van der Waals surface area contributed by atoms with E-state index in [-0.39, 0.29) is 24.7 Å². The van der Waals surface area contributed by atoms with Gasteiger partial charge in [-0.1, -0.05) is 60.2 Å². The molecule has 0 amide bonds. The SMILES string of the molecule is CCOC(=O)c1c(OCc2ccccc2)[nH]c(Cc2ccc(C)cc2)cc1=O. The first-order valence-corrected chi connectivity index (χ1v) is 9.22. The van der Waals surface area contributed by atoms with Crippen LogP contribution in [0.3, 0.4) is 0 Å². The minimum atomic E-state index is -0.686. The topological polar surface area (TPSA) is 68.4 Å². The van der Waals surface area contributed by atoms with Crippen LogP contribution in [0.2, 0.25) is 0 Å². The fourth-order valence-corrected chi connectivity index (χ4v) is 2.84. The van der Waals surface area contributed by atoms with E-state index in [1.54, 1.807) is 6.92 Å². The van der Waals surface area contributed by atoms with Gasteiger partial charge in [0.2, 0.25) is 5.88 Å². The number of nitrogens with one attached hydrogen (secondary N) is 1. The first kappa shape index (κ1) is 19.4. The summed E-state index contributed by atoms with van der Waals surface area (Å²) in [6.07, 6.45) is 0.528. The minimum Gasteiger partial charge on any atom is -0.473 e. The van der Waals surface area contributed by atoms with E-state index in [1.165, 1.54) is 11.6 Å². The van der Waals surface area contributed by atoms with Gasteiger partial charge in [0.25, 0.3) is 0 Å². The maximum absolute atomic E-state index is 12.6. The number of esters is 1. The Morgan fingerprint density at radius 1 is 1.00 bits per heavy atom. The van der Waals surface area contributed by atoms with E-state index in [9.17, 15) is 9.59 Å². The third-order valence-corrected chi connectivity index (χ3v) is 4.27. The van der Waals surface area contributed by atoms with Crippen molar-refractivity contribution >= 4 is 5.97 Å². The lowest BCUT2D eigenvalue weighted by Gasteiger charge is -2.13. The van der Waals surface area contributed by atoms with Crippen LogP contribution in [0, 0.1) is 6.92 Å². The van der Waals surface area contributed by atoms with Crippen LogP contribution in [-0.2, 0) is 17.8 Å². The highest BCUT2D eigenvalue weighted by molar-refractivity contribution is 5.91. The van der Waals surface area contributed by atoms with Crippen molar-refractivity contribution in [2.75, 3.05) is 6.61 Å². The van der Waals surface area contributed by atoms with Crippen LogP contribution in [0.1, 0.15) is 39.7 Å². The molecule has 3 aromatic rings. The Balaban J connectivity index is 1.92. The van der Waals surface area contributed by atoms with E-state index in [1.807, 2.05) is 61.5 Å². The largest absolute Gasteiger partial charge is 0.473 e. The lowest BCUT2D eigenvalue weighted by Crippen LogP contribution is -2.21. The highest BCUT2D eigenvalue weighted by Gasteiger charge is 2.20. The number of carbonyl (C=O) groups excluding carboxylic acids is 1. The van der Waals surface area contributed by atoms with Gasteiger partial charge in [0, 0.05) is 18.2 Å². The second-order valence-corrected chi connectivity index (χ2v) is 6.52. The third kappa shape index (κ3) is 4.88. The number of aromatic amines is 1. The van der Waals surface area contributed by atoms with Gasteiger partial charge in [-0.05, 0) is 25.0 Å². The van der Waals surface area contributed by atoms with Gasteiger partial charge < -0.3 is 14.5 Å². The quantitative estimate of drug-likeness (QED) is 0.631. The summed E-state index contributed by atoms with van der Waals surface area (Å²) >= 11 is 0. The van der Waals surface area contributed by atoms with Crippen LogP contribution in [0.4, 0.5) is 0 Å². The van der Waals surface area contributed by atoms with Gasteiger partial charge in [0.1, 0.15) is 6.61 Å². The van der Waals surface area contributed by atoms with Crippen molar-refractivity contribution in [3.8, 4) is 5.88 Å². The van der Waals surface area contributed by atoms with Crippen LogP contribution in [0.15, 0.2) is 65.5 Å². The Hall–Kier alpha value is -3.34. The molecule has 3 rings (SSSR count). The van der Waals surface area contributed by atoms with Crippen molar-refractivity contribution in [3.05, 3.63) is 98.8 Å². The normalized spacial score (nSPS) is 10.5. The molecule has 5 heteroatoms. The van der Waals surface area contributed by atoms with Gasteiger partial charge in [-0.3, -0.25) is 4.79 Å². The second-order valence-electron chi connectivity index (χ2n) is 6.52. The van der Waals surface area contributed by atoms with Gasteiger partial charge in [0.15, 0.2) is 11.0 Å². The molecule has 0 saturated heterocycles. The summed E-state index contributed by atoms with van der Waals surface area (Å²) in [5.74, 6) is -0.550. The predicted octanol–water partition coefficient (Wildman–Crippen LogP) is 4.03. The van der Waals surface area contributed by atoms with Gasteiger partial charge >= 0.3 is 5.97 Å². The van der Waals surface area contributed by atoms with Crippen LogP contribution >= 0.6 is 0 Å². The molecule has 0 aliphatic rings. The van der Waals surface area contributed by atoms with Gasteiger partial charge in [-0.15, -0.1) is 0 Å². The first-order valence-electron chi connectivity index (χ1n) is 9.22. The second kappa shape index (κ2) is 9.04. The van der Waals surface area contributed by atoms with E-state index in [2.05, 4.69) is 4.98 Å². The summed E-state index contributed by atoms with van der Waals surface area (Å²) in [4.78, 5) is 28.0. The van der Waals surface area contributed by atoms with Crippen molar-refractivity contribution in [1.29, 1.82) is 0 Å². The molecule has 0 aliphatic carbocycles. The zero-order valence-electron chi connectivity index (χ0n) is 16.0. The standard InChI is InChI=1S/C23H23NO4/c1-3-27-23(26)21-20(25)14-19(13-17-11-9-16(2)10-12-17)24-22(21)28-15-18-7-5-4-6-8-18/h4-12,14H,3,13,15H2,1-2H3,(H,24,25). The van der Waals surface area contributed by atoms with E-state index in [4.69, 9.17) is 9.47 Å². The summed E-state index contributed by atoms with van der Waals surface area (Å²) < 4.78 is 10.8. The smallest absolute Gasteiger partial charge is 0.347 e. The Kier molecular flexibility index (Phi) is 6.27. The summed E-state index contributed by atoms with van der Waals surface area (Å²) in [6, 6.07) is 19.0. The van der Waals surface area contributed by atoms with E-state index < -0.39 is 11.4 Å². The van der Waals surface area contributed by atoms with Crippen LogP contribution < -0.4 is 10.2 Å². The molecule has 1 N–H and O–H groups in total. The summed E-state index contributed by atoms with van der Waals surface area (Å²) in [6.45, 7) is 4.14. The molecule has 28 heavy (non-hydrogen) atoms. The van der Waals surface area contributed by atoms with Crippen molar-refractivity contribution < 1.29 is 14.3 Å². The van der Waals surface area contributed by atoms with Crippen molar-refractivity contribution in [3.63, 3.8) is 0 Å². The molecule has 0 fully saturated rings. The predicted molar refractivity (Wildman–Crippen MR) is 108 cm³/mol. The third-order valence-electron chi connectivity index (χ3n) is 4.27. The Morgan fingerprint density at radius 2 is 1.71 bits per heavy atom. The van der Waals surface area contributed by atoms with Crippen LogP contribution in [-0.4, -0.2) is 17.6 Å². The van der Waals surface area contributed by atoms with Crippen molar-refractivity contribution in [1.82, 2.24) is 4.98 Å². The van der Waals surface area contributed by atoms with Crippen LogP contribution in [0.5, 0.6) is 5.88 Å². The zero-order valence-corrected chi connectivity index (χ0v) is 16.0. The zero-order chi connectivity index (χ0) is 19.9. The van der Waals surface area contributed by atoms with E-state index >= 15 is 0 Å². The average molecular weight is 377 g/mol. The molecule has 0 atom stereocenters. The van der Waals surface area contributed by atoms with Gasteiger partial charge in [-0.2, -0.15) is 0 Å². The summed E-state index contributed by atoms with van der Waals surface area (Å²) in [5, 5.41) is 0. The molecular weight excluding hydrogens is 354 g/mol. The van der Waals surface area contributed by atoms with Gasteiger partial charge in [0.05, 0.1) is 6.61 Å². The highest BCUT2D eigenvalue weighted by atomic mass is 16.5. The number of aromatic nitrogens is 1. The first-order chi connectivity index (χ1) is 13.6. The number of benzene rings is 2. The number of hydrogen-bond donors (Lipinski definition) is 1. The number of H-pyrrole nitrogens is 1. The molecule has 0 radical (unpaired) electrons. The number of pyridine rings is 1. The highest BCUT2D eigenvalue weighted by Crippen LogP contribution is 2.18. The maximum atomic E-state index is 12.6. The van der Waals surface area contributed by atoms with Crippen molar-refractivity contribution in [2.45, 2.75) is 26.9 Å². The van der Waals surface area contributed by atoms with Crippen molar-refractivity contribution in [2.24, 2.45) is 0 Å². The Labute approximate surface area is 164 Å². The molecular formula is C23H23NO4. The lowest BCUT2D eigenvalue weighted by molar-refractivity contribution is 0.0518. The van der Waals surface area contributed by atoms with E-state index in [0.29, 0.717) is 12.1 Å². The van der Waals surface area contributed by atoms with Crippen LogP contribution in [0.25, 0.3) is 0 Å². The fourth-order valence-electron chi connectivity index (χ4n) is 2.84. The number of aryl methyl sites for hydroxylation is 1. The molecule has 0 spiro atoms. The monoisotopic (exact) mass is 377 g/mol. The minimum absolute atomic E-state index is 0.106. The molecule has 5 nitrogen and oxygen atoms in total. The molecule has 0 saturated carbocycles. The average Bonchev–Trinajstić information content (AvgIpc) is 2.69. The molecule has 0 aliphatic heterocycles. The maximum Gasteiger partial charge on any atom is 0.347 e. The number of hydrogen-bond acceptors (Lipinski definition) is 4. The number of ether oxygens (including phenoxy) is 2. The lowest BCUT2D eigenvalue weighted by atomic mass is 10.1. The molecule has 0 bridgehead atoms. The Morgan fingerprint density at radius 3 is 2.39 bits per heavy atom. The van der Waals surface area contributed by atoms with Gasteiger partial charge in [-0.25, -0.2) is 4.79 Å². The molecule has 144 valence electrons. The molecule has 2 aromatic carbocycles.